The molecule has 0 amide bonds. The highest BCUT2D eigenvalue weighted by molar-refractivity contribution is 6.30. The van der Waals surface area contributed by atoms with Gasteiger partial charge in [-0.1, -0.05) is 71.8 Å². The lowest BCUT2D eigenvalue weighted by Gasteiger charge is -2.31. The van der Waals surface area contributed by atoms with E-state index in [2.05, 4.69) is 71.1 Å². The predicted molar refractivity (Wildman–Crippen MR) is 172 cm³/mol. The Bertz CT molecular complexity index is 1720. The number of carbonyl (C=O) groups is 1. The van der Waals surface area contributed by atoms with Crippen LogP contribution >= 0.6 is 11.6 Å². The van der Waals surface area contributed by atoms with E-state index in [0.29, 0.717) is 17.5 Å². The van der Waals surface area contributed by atoms with Crippen LogP contribution in [0.3, 0.4) is 0 Å². The Morgan fingerprint density at radius 1 is 0.884 bits per heavy atom. The van der Waals surface area contributed by atoms with Gasteiger partial charge in [-0.2, -0.15) is 5.10 Å². The summed E-state index contributed by atoms with van der Waals surface area (Å²) in [6, 6.07) is 32.0. The first-order valence-corrected chi connectivity index (χ1v) is 15.7. The van der Waals surface area contributed by atoms with E-state index >= 15 is 0 Å². The fraction of sp³-hybridized carbons (Fsp3) is 0.297. The molecule has 0 bridgehead atoms. The van der Waals surface area contributed by atoms with Crippen molar-refractivity contribution in [1.82, 2.24) is 14.7 Å². The van der Waals surface area contributed by atoms with Crippen molar-refractivity contribution in [3.8, 4) is 0 Å². The van der Waals surface area contributed by atoms with Crippen molar-refractivity contribution in [3.05, 3.63) is 135 Å². The molecule has 2 aliphatic rings. The standard InChI is InChI=1S/C37H36ClN3O2/c1-24-5-7-26(8-6-24)35(27-9-12-31(38)13-10-27)29-11-16-34-33(22-29)36(39-41(34)32-14-15-32)28-17-19-40(20-18-28)23-25-3-2-4-30(21-25)37(42)43/h2-13,16,21-22,28,32,35H,14-15,17-20,23H2,1H3,(H,42,43). The normalized spacial score (nSPS) is 16.9. The van der Waals surface area contributed by atoms with E-state index in [0.717, 1.165) is 43.1 Å². The van der Waals surface area contributed by atoms with Gasteiger partial charge in [-0.25, -0.2) is 4.79 Å². The number of aromatic nitrogens is 2. The van der Waals surface area contributed by atoms with Crippen LogP contribution in [0.1, 0.15) is 87.4 Å². The number of fused-ring (bicyclic) bond motifs is 1. The lowest BCUT2D eigenvalue weighted by Crippen LogP contribution is -2.32. The van der Waals surface area contributed by atoms with E-state index in [9.17, 15) is 9.90 Å². The second-order valence-electron chi connectivity index (χ2n) is 12.3. The summed E-state index contributed by atoms with van der Waals surface area (Å²) in [5, 5.41) is 16.7. The molecule has 43 heavy (non-hydrogen) atoms. The monoisotopic (exact) mass is 589 g/mol. The maximum Gasteiger partial charge on any atom is 0.335 e. The van der Waals surface area contributed by atoms with Crippen LogP contribution in [-0.2, 0) is 6.54 Å². The summed E-state index contributed by atoms with van der Waals surface area (Å²) in [7, 11) is 0. The third-order valence-electron chi connectivity index (χ3n) is 9.15. The number of piperidine rings is 1. The number of carboxylic acid groups (broad SMARTS) is 1. The van der Waals surface area contributed by atoms with Crippen LogP contribution in [0.5, 0.6) is 0 Å². The number of hydrogen-bond acceptors (Lipinski definition) is 3. The molecule has 2 heterocycles. The Labute approximate surface area is 257 Å². The fourth-order valence-electron chi connectivity index (χ4n) is 6.68. The number of nitrogens with zero attached hydrogens (tertiary/aromatic N) is 3. The van der Waals surface area contributed by atoms with Crippen LogP contribution in [0.15, 0.2) is 91.0 Å². The van der Waals surface area contributed by atoms with Crippen molar-refractivity contribution in [2.75, 3.05) is 13.1 Å². The van der Waals surface area contributed by atoms with Crippen LogP contribution in [0, 0.1) is 6.92 Å². The summed E-state index contributed by atoms with van der Waals surface area (Å²) in [6.45, 7) is 4.84. The van der Waals surface area contributed by atoms with Gasteiger partial charge in [-0.05, 0) is 104 Å². The van der Waals surface area contributed by atoms with Gasteiger partial charge in [0.25, 0.3) is 0 Å². The molecule has 7 rings (SSSR count). The zero-order valence-corrected chi connectivity index (χ0v) is 25.2. The molecule has 0 spiro atoms. The van der Waals surface area contributed by atoms with Gasteiger partial charge in [-0.3, -0.25) is 9.58 Å². The molecule has 218 valence electrons. The van der Waals surface area contributed by atoms with Gasteiger partial charge < -0.3 is 5.11 Å². The van der Waals surface area contributed by atoms with Crippen molar-refractivity contribution in [3.63, 3.8) is 0 Å². The van der Waals surface area contributed by atoms with Crippen LogP contribution in [-0.4, -0.2) is 38.8 Å². The number of hydrogen-bond donors (Lipinski definition) is 1. The minimum Gasteiger partial charge on any atom is -0.478 e. The maximum atomic E-state index is 11.4. The van der Waals surface area contributed by atoms with Crippen molar-refractivity contribution < 1.29 is 9.90 Å². The van der Waals surface area contributed by atoms with Gasteiger partial charge in [0, 0.05) is 28.8 Å². The lowest BCUT2D eigenvalue weighted by molar-refractivity contribution is 0.0696. The first kappa shape index (κ1) is 27.9. The average molecular weight is 590 g/mol. The lowest BCUT2D eigenvalue weighted by atomic mass is 9.83. The van der Waals surface area contributed by atoms with Crippen LogP contribution < -0.4 is 0 Å². The molecule has 0 radical (unpaired) electrons. The number of halogens is 1. The van der Waals surface area contributed by atoms with Gasteiger partial charge >= 0.3 is 5.97 Å². The number of likely N-dealkylation sites (tertiary alicyclic amines) is 1. The van der Waals surface area contributed by atoms with Crippen LogP contribution in [0.2, 0.25) is 5.02 Å². The maximum absolute atomic E-state index is 11.4. The second kappa shape index (κ2) is 11.6. The van der Waals surface area contributed by atoms with E-state index in [1.54, 1.807) is 12.1 Å². The molecule has 2 fully saturated rings. The molecule has 5 aromatic rings. The summed E-state index contributed by atoms with van der Waals surface area (Å²) < 4.78 is 2.29. The summed E-state index contributed by atoms with van der Waals surface area (Å²) >= 11 is 6.29. The predicted octanol–water partition coefficient (Wildman–Crippen LogP) is 8.59. The molecular formula is C37H36ClN3O2. The molecule has 5 nitrogen and oxygen atoms in total. The number of aryl methyl sites for hydroxylation is 1. The number of rotatable bonds is 8. The van der Waals surface area contributed by atoms with E-state index in [-0.39, 0.29) is 5.92 Å². The Balaban J connectivity index is 1.20. The Hall–Kier alpha value is -3.93. The molecule has 1 unspecified atom stereocenters. The van der Waals surface area contributed by atoms with E-state index in [4.69, 9.17) is 16.7 Å². The smallest absolute Gasteiger partial charge is 0.335 e. The summed E-state index contributed by atoms with van der Waals surface area (Å²) in [5.41, 5.74) is 8.89. The molecule has 4 aromatic carbocycles. The molecule has 1 atom stereocenters. The van der Waals surface area contributed by atoms with Crippen molar-refractivity contribution in [2.24, 2.45) is 0 Å². The Morgan fingerprint density at radius 3 is 2.23 bits per heavy atom. The zero-order chi connectivity index (χ0) is 29.5. The van der Waals surface area contributed by atoms with E-state index < -0.39 is 5.97 Å². The summed E-state index contributed by atoms with van der Waals surface area (Å²) in [5.74, 6) is -0.380. The third kappa shape index (κ3) is 5.84. The van der Waals surface area contributed by atoms with Gasteiger partial charge in [0.1, 0.15) is 0 Å². The summed E-state index contributed by atoms with van der Waals surface area (Å²) in [4.78, 5) is 13.9. The average Bonchev–Trinajstić information content (AvgIpc) is 3.80. The van der Waals surface area contributed by atoms with Gasteiger partial charge in [0.15, 0.2) is 0 Å². The molecule has 1 aliphatic carbocycles. The van der Waals surface area contributed by atoms with E-state index in [1.165, 1.54) is 51.7 Å². The van der Waals surface area contributed by atoms with Gasteiger partial charge in [0.05, 0.1) is 22.8 Å². The highest BCUT2D eigenvalue weighted by atomic mass is 35.5. The second-order valence-corrected chi connectivity index (χ2v) is 12.7. The highest BCUT2D eigenvalue weighted by Crippen LogP contribution is 2.42. The molecule has 1 N–H and O–H groups in total. The largest absolute Gasteiger partial charge is 0.478 e. The molecular weight excluding hydrogens is 554 g/mol. The number of benzene rings is 4. The van der Waals surface area contributed by atoms with Crippen molar-refractivity contribution in [1.29, 1.82) is 0 Å². The molecule has 1 saturated carbocycles. The quantitative estimate of drug-likeness (QED) is 0.184. The fourth-order valence-corrected chi connectivity index (χ4v) is 6.80. The SMILES string of the molecule is Cc1ccc(C(c2ccc(Cl)cc2)c2ccc3c(c2)c(C2CCN(Cc4cccc(C(=O)O)c4)CC2)nn3C2CC2)cc1. The van der Waals surface area contributed by atoms with Gasteiger partial charge in [-0.15, -0.1) is 0 Å². The van der Waals surface area contributed by atoms with E-state index in [1.807, 2.05) is 24.3 Å². The Kier molecular flexibility index (Phi) is 7.54. The minimum absolute atomic E-state index is 0.0998. The zero-order valence-electron chi connectivity index (χ0n) is 24.4. The third-order valence-corrected chi connectivity index (χ3v) is 9.41. The first-order chi connectivity index (χ1) is 20.9. The Morgan fingerprint density at radius 2 is 1.56 bits per heavy atom. The molecule has 1 aliphatic heterocycles. The number of carboxylic acids is 1. The van der Waals surface area contributed by atoms with Crippen molar-refractivity contribution >= 4 is 28.5 Å². The molecule has 6 heteroatoms. The topological polar surface area (TPSA) is 58.4 Å². The summed E-state index contributed by atoms with van der Waals surface area (Å²) in [6.07, 6.45) is 4.47. The number of aromatic carboxylic acids is 1. The molecule has 1 saturated heterocycles. The minimum atomic E-state index is -0.876. The van der Waals surface area contributed by atoms with Crippen LogP contribution in [0.4, 0.5) is 0 Å². The highest BCUT2D eigenvalue weighted by Gasteiger charge is 2.31. The van der Waals surface area contributed by atoms with Crippen molar-refractivity contribution in [2.45, 2.75) is 57.0 Å². The first-order valence-electron chi connectivity index (χ1n) is 15.3. The van der Waals surface area contributed by atoms with Crippen LogP contribution in [0.25, 0.3) is 10.9 Å². The van der Waals surface area contributed by atoms with Gasteiger partial charge in [0.2, 0.25) is 0 Å². The molecule has 1 aromatic heterocycles.